The van der Waals surface area contributed by atoms with Crippen LogP contribution in [0.3, 0.4) is 0 Å². The van der Waals surface area contributed by atoms with Crippen LogP contribution in [0.2, 0.25) is 0 Å². The molecule has 0 bridgehead atoms. The molecular weight excluding hydrogens is 355 g/mol. The van der Waals surface area contributed by atoms with Crippen molar-refractivity contribution in [2.45, 2.75) is 26.5 Å². The average Bonchev–Trinajstić information content (AvgIpc) is 3.09. The maximum absolute atomic E-state index is 13.3. The van der Waals surface area contributed by atoms with Gasteiger partial charge >= 0.3 is 0 Å². The normalized spacial score (nSPS) is 11.8. The number of guanidine groups is 1. The van der Waals surface area contributed by atoms with Crippen molar-refractivity contribution in [2.75, 3.05) is 20.2 Å². The summed E-state index contributed by atoms with van der Waals surface area (Å²) in [7, 11) is 1.70. The molecule has 0 aliphatic carbocycles. The van der Waals surface area contributed by atoms with Crippen LogP contribution in [0, 0.1) is 5.82 Å². The number of H-pyrrole nitrogens is 1. The minimum atomic E-state index is -0.227. The van der Waals surface area contributed by atoms with Crippen molar-refractivity contribution in [1.29, 1.82) is 0 Å². The Kier molecular flexibility index (Phi) is 7.03. The number of halogens is 1. The van der Waals surface area contributed by atoms with Crippen LogP contribution in [0.5, 0.6) is 0 Å². The number of aromatic nitrogens is 1. The molecule has 1 heterocycles. The number of ether oxygens (including phenoxy) is 1. The lowest BCUT2D eigenvalue weighted by atomic mass is 10.1. The number of aromatic amines is 1. The molecule has 3 N–H and O–H groups in total. The maximum Gasteiger partial charge on any atom is 0.191 e. The number of hydrogen-bond donors (Lipinski definition) is 3. The van der Waals surface area contributed by atoms with Gasteiger partial charge in [0.1, 0.15) is 5.82 Å². The van der Waals surface area contributed by atoms with Crippen LogP contribution in [0.25, 0.3) is 10.9 Å². The molecule has 6 heteroatoms. The van der Waals surface area contributed by atoms with Gasteiger partial charge in [-0.1, -0.05) is 24.3 Å². The van der Waals surface area contributed by atoms with Crippen molar-refractivity contribution in [3.63, 3.8) is 0 Å². The highest BCUT2D eigenvalue weighted by Gasteiger charge is 2.05. The Morgan fingerprint density at radius 2 is 2.00 bits per heavy atom. The summed E-state index contributed by atoms with van der Waals surface area (Å²) < 4.78 is 18.5. The Morgan fingerprint density at radius 1 is 1.14 bits per heavy atom. The molecule has 0 aliphatic rings. The summed E-state index contributed by atoms with van der Waals surface area (Å²) in [5.74, 6) is 0.556. The Balaban J connectivity index is 1.59. The van der Waals surface area contributed by atoms with E-state index in [2.05, 4.69) is 32.7 Å². The van der Waals surface area contributed by atoms with Gasteiger partial charge < -0.3 is 20.4 Å². The predicted octanol–water partition coefficient (Wildman–Crippen LogP) is 3.75. The van der Waals surface area contributed by atoms with E-state index in [1.807, 2.05) is 31.3 Å². The summed E-state index contributed by atoms with van der Waals surface area (Å²) in [6, 6.07) is 13.1. The van der Waals surface area contributed by atoms with E-state index >= 15 is 0 Å². The summed E-state index contributed by atoms with van der Waals surface area (Å²) >= 11 is 0. The molecule has 3 rings (SSSR count). The largest absolute Gasteiger partial charge is 0.380 e. The molecule has 0 spiro atoms. The Bertz CT molecular complexity index is 935. The van der Waals surface area contributed by atoms with Crippen LogP contribution in [0.15, 0.2) is 53.7 Å². The van der Waals surface area contributed by atoms with Crippen molar-refractivity contribution in [2.24, 2.45) is 4.99 Å². The smallest absolute Gasteiger partial charge is 0.191 e. The van der Waals surface area contributed by atoms with Crippen molar-refractivity contribution >= 4 is 16.9 Å². The highest BCUT2D eigenvalue weighted by Crippen LogP contribution is 2.19. The monoisotopic (exact) mass is 382 g/mol. The minimum absolute atomic E-state index is 0.227. The number of aliphatic imine (C=N–C) groups is 1. The van der Waals surface area contributed by atoms with E-state index in [0.717, 1.165) is 53.1 Å². The number of nitrogens with one attached hydrogen (secondary N) is 3. The quantitative estimate of drug-likeness (QED) is 0.411. The number of fused-ring (bicyclic) bond motifs is 1. The summed E-state index contributed by atoms with van der Waals surface area (Å²) in [5.41, 5.74) is 4.27. The highest BCUT2D eigenvalue weighted by atomic mass is 19.1. The van der Waals surface area contributed by atoms with E-state index in [-0.39, 0.29) is 5.82 Å². The van der Waals surface area contributed by atoms with Crippen LogP contribution in [-0.2, 0) is 24.3 Å². The molecule has 0 unspecified atom stereocenters. The first kappa shape index (κ1) is 19.9. The highest BCUT2D eigenvalue weighted by molar-refractivity contribution is 5.83. The lowest BCUT2D eigenvalue weighted by molar-refractivity contribution is 0.185. The molecule has 0 radical (unpaired) electrons. The number of nitrogens with zero attached hydrogens (tertiary/aromatic N) is 1. The standard InChI is InChI=1S/C22H27FN4O/c1-3-24-22(27-13-16-5-4-6-17(11-16)15-28-2)25-10-9-18-14-26-21-12-19(23)7-8-20(18)21/h4-8,11-12,14,26H,3,9-10,13,15H2,1-2H3,(H2,24,25,27). The molecule has 0 amide bonds. The second kappa shape index (κ2) is 9.90. The fourth-order valence-corrected chi connectivity index (χ4v) is 3.18. The fraction of sp³-hybridized carbons (Fsp3) is 0.318. The van der Waals surface area contributed by atoms with Crippen LogP contribution in [-0.4, -0.2) is 31.1 Å². The van der Waals surface area contributed by atoms with Crippen molar-refractivity contribution in [1.82, 2.24) is 15.6 Å². The SMILES string of the molecule is CCNC(=NCc1cccc(COC)c1)NCCc1c[nH]c2cc(F)ccc12. The maximum atomic E-state index is 13.3. The van der Waals surface area contributed by atoms with Gasteiger partial charge in [0.25, 0.3) is 0 Å². The van der Waals surface area contributed by atoms with Gasteiger partial charge in [0.2, 0.25) is 0 Å². The van der Waals surface area contributed by atoms with Crippen LogP contribution < -0.4 is 10.6 Å². The molecule has 0 atom stereocenters. The summed E-state index contributed by atoms with van der Waals surface area (Å²) in [6.07, 6.45) is 2.76. The van der Waals surface area contributed by atoms with E-state index < -0.39 is 0 Å². The van der Waals surface area contributed by atoms with Gasteiger partial charge in [0.05, 0.1) is 13.2 Å². The van der Waals surface area contributed by atoms with Gasteiger partial charge in [-0.3, -0.25) is 0 Å². The van der Waals surface area contributed by atoms with Gasteiger partial charge in [-0.2, -0.15) is 0 Å². The number of hydrogen-bond acceptors (Lipinski definition) is 2. The molecule has 0 saturated heterocycles. The first-order valence-electron chi connectivity index (χ1n) is 9.54. The molecule has 3 aromatic rings. The van der Waals surface area contributed by atoms with Crippen LogP contribution in [0.4, 0.5) is 4.39 Å². The Hall–Kier alpha value is -2.86. The predicted molar refractivity (Wildman–Crippen MR) is 112 cm³/mol. The Morgan fingerprint density at radius 3 is 2.82 bits per heavy atom. The Labute approximate surface area is 165 Å². The first-order chi connectivity index (χ1) is 13.7. The molecule has 5 nitrogen and oxygen atoms in total. The van der Waals surface area contributed by atoms with Gasteiger partial charge in [-0.15, -0.1) is 0 Å². The zero-order chi connectivity index (χ0) is 19.8. The third kappa shape index (κ3) is 5.33. The van der Waals surface area contributed by atoms with E-state index in [1.54, 1.807) is 7.11 Å². The summed E-state index contributed by atoms with van der Waals surface area (Å²) in [6.45, 7) is 4.77. The second-order valence-corrected chi connectivity index (χ2v) is 6.63. The molecule has 2 aromatic carbocycles. The van der Waals surface area contributed by atoms with Gasteiger partial charge in [0, 0.05) is 37.3 Å². The second-order valence-electron chi connectivity index (χ2n) is 6.63. The van der Waals surface area contributed by atoms with Gasteiger partial charge in [0.15, 0.2) is 5.96 Å². The molecule has 0 saturated carbocycles. The molecule has 0 fully saturated rings. The lowest BCUT2D eigenvalue weighted by Gasteiger charge is -2.11. The number of benzene rings is 2. The lowest BCUT2D eigenvalue weighted by Crippen LogP contribution is -2.38. The molecule has 148 valence electrons. The van der Waals surface area contributed by atoms with E-state index in [1.165, 1.54) is 12.1 Å². The third-order valence-electron chi connectivity index (χ3n) is 4.48. The number of rotatable bonds is 8. The summed E-state index contributed by atoms with van der Waals surface area (Å²) in [5, 5.41) is 7.70. The van der Waals surface area contributed by atoms with Crippen molar-refractivity contribution in [3.05, 3.63) is 71.2 Å². The third-order valence-corrected chi connectivity index (χ3v) is 4.48. The molecule has 28 heavy (non-hydrogen) atoms. The zero-order valence-corrected chi connectivity index (χ0v) is 16.4. The fourth-order valence-electron chi connectivity index (χ4n) is 3.18. The van der Waals surface area contributed by atoms with E-state index in [0.29, 0.717) is 13.2 Å². The topological polar surface area (TPSA) is 61.4 Å². The van der Waals surface area contributed by atoms with Crippen molar-refractivity contribution in [3.8, 4) is 0 Å². The minimum Gasteiger partial charge on any atom is -0.380 e. The molecular formula is C22H27FN4O. The van der Waals surface area contributed by atoms with Crippen molar-refractivity contribution < 1.29 is 9.13 Å². The van der Waals surface area contributed by atoms with Gasteiger partial charge in [-0.25, -0.2) is 9.38 Å². The average molecular weight is 382 g/mol. The zero-order valence-electron chi connectivity index (χ0n) is 16.4. The van der Waals surface area contributed by atoms with Gasteiger partial charge in [-0.05, 0) is 48.2 Å². The van der Waals surface area contributed by atoms with Crippen LogP contribution >= 0.6 is 0 Å². The van der Waals surface area contributed by atoms with E-state index in [9.17, 15) is 4.39 Å². The van der Waals surface area contributed by atoms with Crippen LogP contribution in [0.1, 0.15) is 23.6 Å². The molecule has 0 aliphatic heterocycles. The number of methoxy groups -OCH3 is 1. The van der Waals surface area contributed by atoms with E-state index in [4.69, 9.17) is 4.74 Å². The molecule has 1 aromatic heterocycles. The summed E-state index contributed by atoms with van der Waals surface area (Å²) in [4.78, 5) is 7.80. The first-order valence-corrected chi connectivity index (χ1v) is 9.54.